The van der Waals surface area contributed by atoms with Gasteiger partial charge in [0.1, 0.15) is 5.60 Å². The Morgan fingerprint density at radius 3 is 2.62 bits per heavy atom. The zero-order chi connectivity index (χ0) is 17.7. The summed E-state index contributed by atoms with van der Waals surface area (Å²) in [6.45, 7) is 8.47. The number of aromatic nitrogens is 1. The van der Waals surface area contributed by atoms with Crippen LogP contribution in [-0.2, 0) is 4.74 Å². The molecule has 7 nitrogen and oxygen atoms in total. The minimum Gasteiger partial charge on any atom is -0.444 e. The Bertz CT molecular complexity index is 571. The molecule has 0 unspecified atom stereocenters. The van der Waals surface area contributed by atoms with Gasteiger partial charge in [-0.1, -0.05) is 0 Å². The van der Waals surface area contributed by atoms with Crippen molar-refractivity contribution in [3.63, 3.8) is 0 Å². The highest BCUT2D eigenvalue weighted by Gasteiger charge is 2.30. The Morgan fingerprint density at radius 2 is 2.00 bits per heavy atom. The smallest absolute Gasteiger partial charge is 0.410 e. The van der Waals surface area contributed by atoms with Gasteiger partial charge < -0.3 is 20.3 Å². The van der Waals surface area contributed by atoms with Crippen molar-refractivity contribution in [3.8, 4) is 0 Å². The highest BCUT2D eigenvalue weighted by molar-refractivity contribution is 5.75. The van der Waals surface area contributed by atoms with Crippen molar-refractivity contribution in [1.29, 1.82) is 0 Å². The largest absolute Gasteiger partial charge is 0.444 e. The van der Waals surface area contributed by atoms with Crippen molar-refractivity contribution in [2.24, 2.45) is 0 Å². The molecule has 2 rings (SSSR count). The monoisotopic (exact) mass is 334 g/mol. The minimum absolute atomic E-state index is 0.0674. The predicted molar refractivity (Wildman–Crippen MR) is 90.5 cm³/mol. The lowest BCUT2D eigenvalue weighted by molar-refractivity contribution is 0.0291. The number of likely N-dealkylation sites (tertiary alicyclic amines) is 1. The summed E-state index contributed by atoms with van der Waals surface area (Å²) in [5, 5.41) is 5.80. The van der Waals surface area contributed by atoms with E-state index in [9.17, 15) is 9.59 Å². The van der Waals surface area contributed by atoms with Crippen molar-refractivity contribution in [1.82, 2.24) is 20.5 Å². The van der Waals surface area contributed by atoms with Crippen LogP contribution in [0.1, 0.15) is 45.7 Å². The van der Waals surface area contributed by atoms with Crippen LogP contribution in [0.25, 0.3) is 0 Å². The van der Waals surface area contributed by atoms with Crippen LogP contribution in [0, 0.1) is 0 Å². The fourth-order valence-corrected chi connectivity index (χ4v) is 2.53. The van der Waals surface area contributed by atoms with Crippen LogP contribution in [0.3, 0.4) is 0 Å². The summed E-state index contributed by atoms with van der Waals surface area (Å²) in [7, 11) is 0. The molecular weight excluding hydrogens is 308 g/mol. The van der Waals surface area contributed by atoms with E-state index in [-0.39, 0.29) is 24.2 Å². The number of carbonyl (C=O) groups is 2. The highest BCUT2D eigenvalue weighted by atomic mass is 16.6. The summed E-state index contributed by atoms with van der Waals surface area (Å²) >= 11 is 0. The minimum atomic E-state index is -0.514. The molecular formula is C17H26N4O3. The zero-order valence-corrected chi connectivity index (χ0v) is 14.7. The lowest BCUT2D eigenvalue weighted by atomic mass is 10.1. The lowest BCUT2D eigenvalue weighted by Crippen LogP contribution is -2.45. The van der Waals surface area contributed by atoms with Gasteiger partial charge in [-0.3, -0.25) is 4.98 Å². The average molecular weight is 334 g/mol. The number of pyridine rings is 1. The molecule has 24 heavy (non-hydrogen) atoms. The molecule has 7 heteroatoms. The Morgan fingerprint density at radius 1 is 1.33 bits per heavy atom. The molecule has 1 aliphatic heterocycles. The van der Waals surface area contributed by atoms with Gasteiger partial charge in [-0.15, -0.1) is 0 Å². The number of nitrogens with zero attached hydrogens (tertiary/aromatic N) is 2. The van der Waals surface area contributed by atoms with E-state index in [0.717, 1.165) is 12.0 Å². The fourth-order valence-electron chi connectivity index (χ4n) is 2.53. The van der Waals surface area contributed by atoms with Gasteiger partial charge in [0.25, 0.3) is 0 Å². The summed E-state index contributed by atoms with van der Waals surface area (Å²) in [5.41, 5.74) is 0.474. The second-order valence-corrected chi connectivity index (χ2v) is 7.03. The number of rotatable bonds is 3. The molecule has 0 radical (unpaired) electrons. The van der Waals surface area contributed by atoms with Crippen LogP contribution in [0.4, 0.5) is 9.59 Å². The molecule has 2 heterocycles. The molecule has 2 N–H and O–H groups in total. The molecule has 132 valence electrons. The third-order valence-corrected chi connectivity index (χ3v) is 3.73. The van der Waals surface area contributed by atoms with Gasteiger partial charge in [-0.2, -0.15) is 0 Å². The number of urea groups is 1. The van der Waals surface area contributed by atoms with Gasteiger partial charge in [0.2, 0.25) is 0 Å². The Labute approximate surface area is 142 Å². The number of hydrogen-bond donors (Lipinski definition) is 2. The molecule has 0 aliphatic carbocycles. The van der Waals surface area contributed by atoms with Crippen LogP contribution in [-0.4, -0.2) is 46.7 Å². The topological polar surface area (TPSA) is 83.6 Å². The summed E-state index contributed by atoms with van der Waals surface area (Å²) in [6, 6.07) is 3.31. The van der Waals surface area contributed by atoms with Gasteiger partial charge >= 0.3 is 12.1 Å². The van der Waals surface area contributed by atoms with E-state index in [1.807, 2.05) is 39.8 Å². The third kappa shape index (κ3) is 5.40. The standard InChI is InChI=1S/C17H26N4O3/c1-12(13-5-8-18-9-6-13)19-15(22)20-14-7-10-21(11-14)16(23)24-17(2,3)4/h5-6,8-9,12,14H,7,10-11H2,1-4H3,(H2,19,20,22)/t12-,14+/m1/s1. The van der Waals surface area contributed by atoms with Crippen LogP contribution < -0.4 is 10.6 Å². The van der Waals surface area contributed by atoms with Crippen molar-refractivity contribution in [3.05, 3.63) is 30.1 Å². The van der Waals surface area contributed by atoms with Crippen LogP contribution in [0.2, 0.25) is 0 Å². The van der Waals surface area contributed by atoms with Crippen LogP contribution in [0.5, 0.6) is 0 Å². The van der Waals surface area contributed by atoms with E-state index in [2.05, 4.69) is 15.6 Å². The molecule has 0 bridgehead atoms. The maximum Gasteiger partial charge on any atom is 0.410 e. The van der Waals surface area contributed by atoms with E-state index in [1.54, 1.807) is 17.3 Å². The molecule has 3 amide bonds. The van der Waals surface area contributed by atoms with Crippen molar-refractivity contribution in [2.75, 3.05) is 13.1 Å². The number of carbonyl (C=O) groups excluding carboxylic acids is 2. The second-order valence-electron chi connectivity index (χ2n) is 7.03. The normalized spacial score (nSPS) is 18.8. The van der Waals surface area contributed by atoms with E-state index >= 15 is 0 Å². The lowest BCUT2D eigenvalue weighted by Gasteiger charge is -2.24. The summed E-state index contributed by atoms with van der Waals surface area (Å²) in [4.78, 5) is 29.7. The molecule has 2 atom stereocenters. The summed E-state index contributed by atoms with van der Waals surface area (Å²) < 4.78 is 5.35. The van der Waals surface area contributed by atoms with Gasteiger partial charge in [0.05, 0.1) is 6.04 Å². The average Bonchev–Trinajstić information content (AvgIpc) is 2.95. The first-order valence-corrected chi connectivity index (χ1v) is 8.19. The fraction of sp³-hybridized carbons (Fsp3) is 0.588. The first-order valence-electron chi connectivity index (χ1n) is 8.19. The Kier molecular flexibility index (Phi) is 5.64. The maximum atomic E-state index is 12.1. The summed E-state index contributed by atoms with van der Waals surface area (Å²) in [6.07, 6.45) is 3.77. The third-order valence-electron chi connectivity index (χ3n) is 3.73. The van der Waals surface area contributed by atoms with Crippen molar-refractivity contribution < 1.29 is 14.3 Å². The molecule has 1 aromatic rings. The Balaban J connectivity index is 1.78. The zero-order valence-electron chi connectivity index (χ0n) is 14.7. The maximum absolute atomic E-state index is 12.1. The molecule has 0 saturated carbocycles. The van der Waals surface area contributed by atoms with E-state index < -0.39 is 5.60 Å². The first kappa shape index (κ1) is 18.0. The molecule has 1 saturated heterocycles. The highest BCUT2D eigenvalue weighted by Crippen LogP contribution is 2.15. The first-order chi connectivity index (χ1) is 11.2. The molecule has 1 aliphatic rings. The summed E-state index contributed by atoms with van der Waals surface area (Å²) in [5.74, 6) is 0. The molecule has 0 spiro atoms. The van der Waals surface area contributed by atoms with Crippen molar-refractivity contribution in [2.45, 2.75) is 51.8 Å². The van der Waals surface area contributed by atoms with Gasteiger partial charge in [0.15, 0.2) is 0 Å². The number of hydrogen-bond acceptors (Lipinski definition) is 4. The van der Waals surface area contributed by atoms with E-state index in [1.165, 1.54) is 0 Å². The molecule has 1 fully saturated rings. The van der Waals surface area contributed by atoms with Gasteiger partial charge in [-0.05, 0) is 51.8 Å². The number of nitrogens with one attached hydrogen (secondary N) is 2. The van der Waals surface area contributed by atoms with Gasteiger partial charge in [0, 0.05) is 31.5 Å². The van der Waals surface area contributed by atoms with Crippen molar-refractivity contribution >= 4 is 12.1 Å². The van der Waals surface area contributed by atoms with Gasteiger partial charge in [-0.25, -0.2) is 9.59 Å². The van der Waals surface area contributed by atoms with Crippen LogP contribution in [0.15, 0.2) is 24.5 Å². The number of amides is 3. The second kappa shape index (κ2) is 7.51. The molecule has 1 aromatic heterocycles. The Hall–Kier alpha value is -2.31. The number of ether oxygens (including phenoxy) is 1. The predicted octanol–water partition coefficient (Wildman–Crippen LogP) is 2.45. The quantitative estimate of drug-likeness (QED) is 0.889. The van der Waals surface area contributed by atoms with Crippen LogP contribution >= 0.6 is 0 Å². The van der Waals surface area contributed by atoms with E-state index in [0.29, 0.717) is 13.1 Å². The molecule has 0 aromatic carbocycles. The van der Waals surface area contributed by atoms with E-state index in [4.69, 9.17) is 4.74 Å². The SMILES string of the molecule is C[C@@H](NC(=O)N[C@H]1CCN(C(=O)OC(C)(C)C)C1)c1ccncc1.